The Bertz CT molecular complexity index is 2770. The number of para-hydroxylation sites is 2. The summed E-state index contributed by atoms with van der Waals surface area (Å²) in [6.07, 6.45) is 0. The Morgan fingerprint density at radius 3 is 1.59 bits per heavy atom. The fourth-order valence-electron chi connectivity index (χ4n) is 7.89. The third-order valence-electron chi connectivity index (χ3n) is 10.5. The van der Waals surface area contributed by atoms with Gasteiger partial charge in [-0.25, -0.2) is 0 Å². The molecule has 1 heterocycles. The molecule has 54 heavy (non-hydrogen) atoms. The number of ether oxygens (including phenoxy) is 1. The molecule has 0 saturated heterocycles. The van der Waals surface area contributed by atoms with Gasteiger partial charge in [-0.15, -0.1) is 0 Å². The van der Waals surface area contributed by atoms with Crippen LogP contribution in [0.3, 0.4) is 0 Å². The molecule has 0 N–H and O–H groups in total. The normalized spacial score (nSPS) is 11.5. The monoisotopic (exact) mass is 689 g/mol. The molecule has 9 aromatic rings. The Balaban J connectivity index is 1.09. The first kappa shape index (κ1) is 31.6. The zero-order chi connectivity index (χ0) is 35.8. The summed E-state index contributed by atoms with van der Waals surface area (Å²) < 4.78 is 6.43. The van der Waals surface area contributed by atoms with Crippen LogP contribution in [-0.2, 0) is 0 Å². The molecule has 0 spiro atoms. The van der Waals surface area contributed by atoms with E-state index in [9.17, 15) is 0 Å². The van der Waals surface area contributed by atoms with Crippen molar-refractivity contribution in [2.75, 3.05) is 4.90 Å². The van der Waals surface area contributed by atoms with E-state index in [0.29, 0.717) is 0 Å². The largest absolute Gasteiger partial charge is 0.456 e. The minimum atomic E-state index is 0.896. The second-order valence-electron chi connectivity index (χ2n) is 13.7. The lowest BCUT2D eigenvalue weighted by atomic mass is 9.90. The molecular formula is C52H35NO. The molecule has 0 bridgehead atoms. The molecule has 0 aromatic heterocycles. The SMILES string of the molecule is c1ccc(-c2ccc(-c3ccc(N(c4cccc(-c5ccc6c7c(cccc57)-c5ccccc5O6)c4)c4ccccc4-c4ccccc4)cc3)cc2)cc1. The highest BCUT2D eigenvalue weighted by Crippen LogP contribution is 2.49. The lowest BCUT2D eigenvalue weighted by Crippen LogP contribution is -2.11. The quantitative estimate of drug-likeness (QED) is 0.165. The van der Waals surface area contributed by atoms with E-state index in [1.54, 1.807) is 0 Å². The van der Waals surface area contributed by atoms with Gasteiger partial charge in [-0.2, -0.15) is 0 Å². The minimum absolute atomic E-state index is 0.896. The van der Waals surface area contributed by atoms with Gasteiger partial charge in [-0.05, 0) is 92.4 Å². The number of benzene rings is 9. The van der Waals surface area contributed by atoms with Crippen LogP contribution in [0.1, 0.15) is 0 Å². The Morgan fingerprint density at radius 2 is 0.852 bits per heavy atom. The highest BCUT2D eigenvalue weighted by molar-refractivity contribution is 6.10. The van der Waals surface area contributed by atoms with E-state index in [-0.39, 0.29) is 0 Å². The van der Waals surface area contributed by atoms with Crippen LogP contribution in [0.2, 0.25) is 0 Å². The summed E-state index contributed by atoms with van der Waals surface area (Å²) in [5.74, 6) is 1.79. The van der Waals surface area contributed by atoms with E-state index in [2.05, 4.69) is 205 Å². The number of fused-ring (bicyclic) bond motifs is 2. The topological polar surface area (TPSA) is 12.5 Å². The second-order valence-corrected chi connectivity index (χ2v) is 13.7. The third-order valence-corrected chi connectivity index (χ3v) is 10.5. The maximum atomic E-state index is 6.43. The highest BCUT2D eigenvalue weighted by Gasteiger charge is 2.22. The van der Waals surface area contributed by atoms with Crippen molar-refractivity contribution in [1.29, 1.82) is 0 Å². The Kier molecular flexibility index (Phi) is 7.85. The fraction of sp³-hybridized carbons (Fsp3) is 0. The predicted molar refractivity (Wildman–Crippen MR) is 226 cm³/mol. The van der Waals surface area contributed by atoms with E-state index in [4.69, 9.17) is 4.74 Å². The molecule has 0 fully saturated rings. The van der Waals surface area contributed by atoms with E-state index in [1.807, 2.05) is 12.1 Å². The number of nitrogens with zero attached hydrogens (tertiary/aromatic N) is 1. The zero-order valence-electron chi connectivity index (χ0n) is 29.6. The van der Waals surface area contributed by atoms with Crippen molar-refractivity contribution in [3.63, 3.8) is 0 Å². The van der Waals surface area contributed by atoms with Gasteiger partial charge in [-0.1, -0.05) is 170 Å². The number of hydrogen-bond donors (Lipinski definition) is 0. The van der Waals surface area contributed by atoms with Crippen LogP contribution in [0.4, 0.5) is 17.1 Å². The molecule has 0 unspecified atom stereocenters. The van der Waals surface area contributed by atoms with Crippen LogP contribution < -0.4 is 9.64 Å². The molecule has 0 aliphatic carbocycles. The lowest BCUT2D eigenvalue weighted by Gasteiger charge is -2.28. The number of anilines is 3. The van der Waals surface area contributed by atoms with E-state index in [0.717, 1.165) is 45.1 Å². The van der Waals surface area contributed by atoms with Gasteiger partial charge in [0.2, 0.25) is 0 Å². The molecule has 0 saturated carbocycles. The van der Waals surface area contributed by atoms with E-state index < -0.39 is 0 Å². The maximum absolute atomic E-state index is 6.43. The average Bonchev–Trinajstić information content (AvgIpc) is 3.25. The van der Waals surface area contributed by atoms with Crippen molar-refractivity contribution in [2.24, 2.45) is 0 Å². The smallest absolute Gasteiger partial charge is 0.135 e. The van der Waals surface area contributed by atoms with Gasteiger partial charge in [0.15, 0.2) is 0 Å². The van der Waals surface area contributed by atoms with Gasteiger partial charge >= 0.3 is 0 Å². The van der Waals surface area contributed by atoms with Crippen molar-refractivity contribution in [1.82, 2.24) is 0 Å². The van der Waals surface area contributed by atoms with Crippen LogP contribution in [0.25, 0.3) is 66.4 Å². The standard InChI is InChI=1S/C52H35NO/c1-3-13-36(14-4-1)37-25-27-38(28-26-37)39-29-31-42(32-30-39)53(49-23-9-7-19-45(49)40-15-5-2-6-16-40)43-18-11-17-41(35-43)44-33-34-51-52-47(44)21-12-22-48(52)46-20-8-10-24-50(46)54-51/h1-35H. The highest BCUT2D eigenvalue weighted by atomic mass is 16.5. The molecule has 2 heteroatoms. The number of rotatable bonds is 7. The summed E-state index contributed by atoms with van der Waals surface area (Å²) in [4.78, 5) is 2.39. The molecule has 10 rings (SSSR count). The van der Waals surface area contributed by atoms with Crippen LogP contribution in [0, 0.1) is 0 Å². The van der Waals surface area contributed by atoms with Gasteiger partial charge < -0.3 is 9.64 Å². The van der Waals surface area contributed by atoms with Crippen molar-refractivity contribution in [2.45, 2.75) is 0 Å². The first-order valence-corrected chi connectivity index (χ1v) is 18.4. The van der Waals surface area contributed by atoms with E-state index in [1.165, 1.54) is 49.9 Å². The molecule has 0 amide bonds. The van der Waals surface area contributed by atoms with Gasteiger partial charge in [0.05, 0.1) is 5.69 Å². The van der Waals surface area contributed by atoms with Gasteiger partial charge in [-0.3, -0.25) is 0 Å². The Labute approximate surface area is 315 Å². The van der Waals surface area contributed by atoms with Crippen molar-refractivity contribution in [3.8, 4) is 67.1 Å². The molecule has 2 nitrogen and oxygen atoms in total. The summed E-state index contributed by atoms with van der Waals surface area (Å²) in [5, 5.41) is 2.33. The molecule has 1 aliphatic rings. The summed E-state index contributed by atoms with van der Waals surface area (Å²) in [7, 11) is 0. The molecule has 0 radical (unpaired) electrons. The number of hydrogen-bond acceptors (Lipinski definition) is 2. The average molecular weight is 690 g/mol. The Morgan fingerprint density at radius 1 is 0.296 bits per heavy atom. The van der Waals surface area contributed by atoms with E-state index >= 15 is 0 Å². The molecule has 0 atom stereocenters. The van der Waals surface area contributed by atoms with Crippen molar-refractivity contribution in [3.05, 3.63) is 212 Å². The van der Waals surface area contributed by atoms with Crippen molar-refractivity contribution < 1.29 is 4.74 Å². The second kappa shape index (κ2) is 13.4. The van der Waals surface area contributed by atoms with Gasteiger partial charge in [0, 0.05) is 27.9 Å². The summed E-state index contributed by atoms with van der Waals surface area (Å²) in [6, 6.07) is 75.8. The summed E-state index contributed by atoms with van der Waals surface area (Å²) in [6.45, 7) is 0. The van der Waals surface area contributed by atoms with Crippen LogP contribution in [0.15, 0.2) is 212 Å². The molecule has 1 aliphatic heterocycles. The maximum Gasteiger partial charge on any atom is 0.135 e. The minimum Gasteiger partial charge on any atom is -0.456 e. The third kappa shape index (κ3) is 5.62. The lowest BCUT2D eigenvalue weighted by molar-refractivity contribution is 0.487. The molecule has 254 valence electrons. The first-order valence-electron chi connectivity index (χ1n) is 18.4. The molecule has 9 aromatic carbocycles. The Hall–Kier alpha value is -7.16. The summed E-state index contributed by atoms with van der Waals surface area (Å²) >= 11 is 0. The first-order chi connectivity index (χ1) is 26.8. The fourth-order valence-corrected chi connectivity index (χ4v) is 7.89. The molecular weight excluding hydrogens is 655 g/mol. The van der Waals surface area contributed by atoms with Crippen LogP contribution in [-0.4, -0.2) is 0 Å². The van der Waals surface area contributed by atoms with Gasteiger partial charge in [0.1, 0.15) is 11.5 Å². The summed E-state index contributed by atoms with van der Waals surface area (Å²) in [5.41, 5.74) is 15.1. The van der Waals surface area contributed by atoms with Crippen LogP contribution >= 0.6 is 0 Å². The zero-order valence-corrected chi connectivity index (χ0v) is 29.6. The van der Waals surface area contributed by atoms with Crippen LogP contribution in [0.5, 0.6) is 11.5 Å². The predicted octanol–water partition coefficient (Wildman–Crippen LogP) is 14.8. The van der Waals surface area contributed by atoms with Crippen molar-refractivity contribution >= 4 is 27.8 Å². The van der Waals surface area contributed by atoms with Gasteiger partial charge in [0.25, 0.3) is 0 Å².